The van der Waals surface area contributed by atoms with Gasteiger partial charge in [0, 0.05) is 12.5 Å². The van der Waals surface area contributed by atoms with Crippen LogP contribution in [0.25, 0.3) is 5.57 Å². The largest absolute Gasteiger partial charge is 0.312 e. The minimum Gasteiger partial charge on any atom is -0.312 e. The van der Waals surface area contributed by atoms with E-state index in [9.17, 15) is 0 Å². The number of hydrogen-bond donors (Lipinski definition) is 1. The first-order valence-electron chi connectivity index (χ1n) is 5.01. The second-order valence-corrected chi connectivity index (χ2v) is 4.56. The molecule has 2 rings (SSSR count). The van der Waals surface area contributed by atoms with E-state index in [1.54, 1.807) is 0 Å². The highest BCUT2D eigenvalue weighted by molar-refractivity contribution is 7.06. The van der Waals surface area contributed by atoms with Crippen LogP contribution in [0.15, 0.2) is 6.08 Å². The van der Waals surface area contributed by atoms with Gasteiger partial charge < -0.3 is 5.32 Å². The summed E-state index contributed by atoms with van der Waals surface area (Å²) in [6.45, 7) is 6.27. The molecule has 3 nitrogen and oxygen atoms in total. The van der Waals surface area contributed by atoms with Crippen molar-refractivity contribution in [2.75, 3.05) is 13.1 Å². The van der Waals surface area contributed by atoms with Gasteiger partial charge in [0.05, 0.1) is 0 Å². The second-order valence-electron chi connectivity index (χ2n) is 3.81. The van der Waals surface area contributed by atoms with Crippen molar-refractivity contribution in [2.24, 2.45) is 0 Å². The van der Waals surface area contributed by atoms with Crippen molar-refractivity contribution in [3.05, 3.63) is 16.9 Å². The maximum absolute atomic E-state index is 4.53. The minimum absolute atomic E-state index is 0.428. The molecular weight excluding hydrogens is 194 g/mol. The van der Waals surface area contributed by atoms with E-state index < -0.39 is 0 Å². The maximum atomic E-state index is 4.53. The first kappa shape index (κ1) is 9.80. The first-order chi connectivity index (χ1) is 6.77. The number of hydrogen-bond acceptors (Lipinski definition) is 4. The number of aromatic nitrogens is 2. The fourth-order valence-electron chi connectivity index (χ4n) is 1.41. The highest BCUT2D eigenvalue weighted by atomic mass is 32.1. The van der Waals surface area contributed by atoms with E-state index in [2.05, 4.69) is 34.6 Å². The minimum atomic E-state index is 0.428. The van der Waals surface area contributed by atoms with Crippen LogP contribution in [0.5, 0.6) is 0 Å². The SMILES string of the molecule is CC(C)c1nsc(C2=CCCNC2)n1. The summed E-state index contributed by atoms with van der Waals surface area (Å²) in [7, 11) is 0. The molecule has 4 heteroatoms. The van der Waals surface area contributed by atoms with Crippen molar-refractivity contribution < 1.29 is 0 Å². The standard InChI is InChI=1S/C10H15N3S/c1-7(2)9-12-10(14-13-9)8-4-3-5-11-6-8/h4,7,11H,3,5-6H2,1-2H3. The Kier molecular flexibility index (Phi) is 2.93. The van der Waals surface area contributed by atoms with Crippen molar-refractivity contribution >= 4 is 17.1 Å². The molecule has 0 fully saturated rings. The summed E-state index contributed by atoms with van der Waals surface area (Å²) >= 11 is 1.51. The average molecular weight is 209 g/mol. The molecule has 0 amide bonds. The molecule has 1 aromatic rings. The first-order valence-corrected chi connectivity index (χ1v) is 5.78. The van der Waals surface area contributed by atoms with Crippen LogP contribution < -0.4 is 5.32 Å². The van der Waals surface area contributed by atoms with E-state index in [0.717, 1.165) is 30.3 Å². The fraction of sp³-hybridized carbons (Fsp3) is 0.600. The van der Waals surface area contributed by atoms with E-state index in [1.807, 2.05) is 0 Å². The Morgan fingerprint density at radius 1 is 1.50 bits per heavy atom. The molecule has 0 aromatic carbocycles. The van der Waals surface area contributed by atoms with Gasteiger partial charge in [-0.25, -0.2) is 4.98 Å². The van der Waals surface area contributed by atoms with Crippen molar-refractivity contribution in [3.63, 3.8) is 0 Å². The van der Waals surface area contributed by atoms with Gasteiger partial charge in [0.1, 0.15) is 10.8 Å². The normalized spacial score (nSPS) is 17.2. The molecule has 1 N–H and O–H groups in total. The Bertz CT molecular complexity index is 341. The zero-order valence-corrected chi connectivity index (χ0v) is 9.40. The highest BCUT2D eigenvalue weighted by Gasteiger charge is 2.12. The van der Waals surface area contributed by atoms with Crippen LogP contribution >= 0.6 is 11.5 Å². The van der Waals surface area contributed by atoms with E-state index in [1.165, 1.54) is 17.1 Å². The van der Waals surface area contributed by atoms with E-state index in [4.69, 9.17) is 0 Å². The molecule has 0 unspecified atom stereocenters. The van der Waals surface area contributed by atoms with Crippen LogP contribution in [0.4, 0.5) is 0 Å². The quantitative estimate of drug-likeness (QED) is 0.810. The summed E-state index contributed by atoms with van der Waals surface area (Å²) in [5, 5.41) is 4.43. The molecule has 0 spiro atoms. The molecule has 0 bridgehead atoms. The second kappa shape index (κ2) is 4.19. The summed E-state index contributed by atoms with van der Waals surface area (Å²) in [5.41, 5.74) is 1.31. The van der Waals surface area contributed by atoms with Gasteiger partial charge in [-0.2, -0.15) is 4.37 Å². The van der Waals surface area contributed by atoms with Crippen LogP contribution in [-0.2, 0) is 0 Å². The Labute approximate surface area is 88.4 Å². The molecule has 0 radical (unpaired) electrons. The van der Waals surface area contributed by atoms with Gasteiger partial charge >= 0.3 is 0 Å². The van der Waals surface area contributed by atoms with Crippen molar-refractivity contribution in [2.45, 2.75) is 26.2 Å². The summed E-state index contributed by atoms with van der Waals surface area (Å²) in [4.78, 5) is 4.53. The Hall–Kier alpha value is -0.740. The Morgan fingerprint density at radius 2 is 2.36 bits per heavy atom. The third-order valence-electron chi connectivity index (χ3n) is 2.26. The highest BCUT2D eigenvalue weighted by Crippen LogP contribution is 2.21. The van der Waals surface area contributed by atoms with Gasteiger partial charge in [0.25, 0.3) is 0 Å². The van der Waals surface area contributed by atoms with E-state index >= 15 is 0 Å². The smallest absolute Gasteiger partial charge is 0.145 e. The third-order valence-corrected chi connectivity index (χ3v) is 3.06. The number of nitrogens with one attached hydrogen (secondary N) is 1. The molecule has 14 heavy (non-hydrogen) atoms. The van der Waals surface area contributed by atoms with Crippen molar-refractivity contribution in [1.82, 2.24) is 14.7 Å². The molecule has 0 atom stereocenters. The predicted molar refractivity (Wildman–Crippen MR) is 59.5 cm³/mol. The molecule has 0 aliphatic carbocycles. The van der Waals surface area contributed by atoms with Crippen LogP contribution in [-0.4, -0.2) is 22.4 Å². The number of nitrogens with zero attached hydrogens (tertiary/aromatic N) is 2. The molecule has 2 heterocycles. The molecular formula is C10H15N3S. The Balaban J connectivity index is 2.19. The molecule has 76 valence electrons. The summed E-state index contributed by atoms with van der Waals surface area (Å²) in [5.74, 6) is 1.40. The average Bonchev–Trinajstić information content (AvgIpc) is 2.68. The molecule has 1 aliphatic heterocycles. The zero-order chi connectivity index (χ0) is 9.97. The predicted octanol–water partition coefficient (Wildman–Crippen LogP) is 2.04. The van der Waals surface area contributed by atoms with Crippen LogP contribution in [0.3, 0.4) is 0 Å². The van der Waals surface area contributed by atoms with Gasteiger partial charge in [0.2, 0.25) is 0 Å². The van der Waals surface area contributed by atoms with Gasteiger partial charge in [-0.3, -0.25) is 0 Å². The fourth-order valence-corrected chi connectivity index (χ4v) is 2.25. The monoisotopic (exact) mass is 209 g/mol. The summed E-state index contributed by atoms with van der Waals surface area (Å²) in [6.07, 6.45) is 3.37. The lowest BCUT2D eigenvalue weighted by molar-refractivity contribution is 0.737. The van der Waals surface area contributed by atoms with E-state index in [-0.39, 0.29) is 0 Å². The lowest BCUT2D eigenvalue weighted by Gasteiger charge is -2.10. The van der Waals surface area contributed by atoms with Crippen molar-refractivity contribution in [3.8, 4) is 0 Å². The molecule has 0 saturated carbocycles. The summed E-state index contributed by atoms with van der Waals surface area (Å²) < 4.78 is 4.35. The zero-order valence-electron chi connectivity index (χ0n) is 8.58. The third kappa shape index (κ3) is 2.01. The summed E-state index contributed by atoms with van der Waals surface area (Å²) in [6, 6.07) is 0. The van der Waals surface area contributed by atoms with Crippen LogP contribution in [0.2, 0.25) is 0 Å². The van der Waals surface area contributed by atoms with E-state index in [0.29, 0.717) is 5.92 Å². The van der Waals surface area contributed by atoms with Crippen LogP contribution in [0, 0.1) is 0 Å². The lowest BCUT2D eigenvalue weighted by atomic mass is 10.1. The topological polar surface area (TPSA) is 37.8 Å². The van der Waals surface area contributed by atoms with Gasteiger partial charge in [0.15, 0.2) is 0 Å². The maximum Gasteiger partial charge on any atom is 0.145 e. The van der Waals surface area contributed by atoms with Crippen molar-refractivity contribution in [1.29, 1.82) is 0 Å². The molecule has 1 aliphatic rings. The molecule has 1 aromatic heterocycles. The van der Waals surface area contributed by atoms with Gasteiger partial charge in [-0.1, -0.05) is 19.9 Å². The van der Waals surface area contributed by atoms with Gasteiger partial charge in [-0.15, -0.1) is 0 Å². The molecule has 0 saturated heterocycles. The van der Waals surface area contributed by atoms with Gasteiger partial charge in [-0.05, 0) is 30.1 Å². The lowest BCUT2D eigenvalue weighted by Crippen LogP contribution is -2.21. The van der Waals surface area contributed by atoms with Crippen LogP contribution in [0.1, 0.15) is 37.0 Å². The number of rotatable bonds is 2. The Morgan fingerprint density at radius 3 is 2.93 bits per heavy atom.